The van der Waals surface area contributed by atoms with Gasteiger partial charge in [-0.3, -0.25) is 9.78 Å². The van der Waals surface area contributed by atoms with Crippen LogP contribution in [0.2, 0.25) is 0 Å². The summed E-state index contributed by atoms with van der Waals surface area (Å²) in [5.74, 6) is -0.159. The van der Waals surface area contributed by atoms with E-state index in [2.05, 4.69) is 27.8 Å². The summed E-state index contributed by atoms with van der Waals surface area (Å²) in [4.78, 5) is 16.1. The van der Waals surface area contributed by atoms with E-state index in [0.717, 1.165) is 25.1 Å². The van der Waals surface area contributed by atoms with Crippen molar-refractivity contribution in [3.8, 4) is 0 Å². The van der Waals surface area contributed by atoms with Crippen LogP contribution in [0.3, 0.4) is 0 Å². The molecule has 1 amide bonds. The minimum atomic E-state index is -0.159. The molecule has 0 aliphatic carbocycles. The van der Waals surface area contributed by atoms with Crippen LogP contribution >= 0.6 is 0 Å². The highest BCUT2D eigenvalue weighted by atomic mass is 16.5. The average Bonchev–Trinajstić information content (AvgIpc) is 2.60. The minimum Gasteiger partial charge on any atom is -0.385 e. The Morgan fingerprint density at radius 3 is 2.78 bits per heavy atom. The van der Waals surface area contributed by atoms with Crippen LogP contribution in [0, 0.1) is 0 Å². The van der Waals surface area contributed by atoms with Crippen molar-refractivity contribution in [2.75, 3.05) is 32.1 Å². The van der Waals surface area contributed by atoms with E-state index < -0.39 is 0 Å². The first-order valence-corrected chi connectivity index (χ1v) is 7.80. The second kappa shape index (κ2) is 9.58. The zero-order chi connectivity index (χ0) is 16.3. The van der Waals surface area contributed by atoms with E-state index >= 15 is 0 Å². The summed E-state index contributed by atoms with van der Waals surface area (Å²) >= 11 is 0. The normalized spacial score (nSPS) is 10.3. The van der Waals surface area contributed by atoms with Crippen LogP contribution in [0.25, 0.3) is 0 Å². The van der Waals surface area contributed by atoms with Gasteiger partial charge in [0.1, 0.15) is 5.69 Å². The fourth-order valence-corrected chi connectivity index (χ4v) is 2.17. The van der Waals surface area contributed by atoms with Crippen LogP contribution in [0.4, 0.5) is 5.69 Å². The first-order chi connectivity index (χ1) is 11.3. The number of benzene rings is 1. The van der Waals surface area contributed by atoms with Gasteiger partial charge in [-0.05, 0) is 30.5 Å². The van der Waals surface area contributed by atoms with Crippen molar-refractivity contribution >= 4 is 11.6 Å². The van der Waals surface area contributed by atoms with Gasteiger partial charge in [0.15, 0.2) is 0 Å². The third-order valence-electron chi connectivity index (χ3n) is 3.39. The molecule has 5 heteroatoms. The van der Waals surface area contributed by atoms with E-state index in [1.165, 1.54) is 5.56 Å². The SMILES string of the molecule is COCCCNC(=O)c1cc(NCCc2ccccc2)ccn1. The maximum atomic E-state index is 12.0. The Labute approximate surface area is 137 Å². The number of amides is 1. The molecule has 1 heterocycles. The molecule has 5 nitrogen and oxygen atoms in total. The van der Waals surface area contributed by atoms with Gasteiger partial charge in [0, 0.05) is 38.7 Å². The number of pyridine rings is 1. The van der Waals surface area contributed by atoms with E-state index in [1.54, 1.807) is 19.4 Å². The third-order valence-corrected chi connectivity index (χ3v) is 3.39. The van der Waals surface area contributed by atoms with E-state index in [9.17, 15) is 4.79 Å². The lowest BCUT2D eigenvalue weighted by Crippen LogP contribution is -2.26. The highest BCUT2D eigenvalue weighted by Crippen LogP contribution is 2.08. The van der Waals surface area contributed by atoms with Crippen molar-refractivity contribution in [3.05, 3.63) is 59.9 Å². The number of carbonyl (C=O) groups excluding carboxylic acids is 1. The van der Waals surface area contributed by atoms with Gasteiger partial charge in [-0.1, -0.05) is 30.3 Å². The van der Waals surface area contributed by atoms with Crippen LogP contribution < -0.4 is 10.6 Å². The van der Waals surface area contributed by atoms with Gasteiger partial charge in [0.05, 0.1) is 0 Å². The quantitative estimate of drug-likeness (QED) is 0.698. The number of carbonyl (C=O) groups is 1. The molecule has 0 atom stereocenters. The molecule has 0 spiro atoms. The summed E-state index contributed by atoms with van der Waals surface area (Å²) in [6.07, 6.45) is 3.37. The fourth-order valence-electron chi connectivity index (χ4n) is 2.17. The molecular formula is C18H23N3O2. The molecular weight excluding hydrogens is 290 g/mol. The summed E-state index contributed by atoms with van der Waals surface area (Å²) in [6.45, 7) is 2.03. The largest absolute Gasteiger partial charge is 0.385 e. The van der Waals surface area contributed by atoms with Gasteiger partial charge in [-0.2, -0.15) is 0 Å². The summed E-state index contributed by atoms with van der Waals surface area (Å²) < 4.78 is 4.95. The lowest BCUT2D eigenvalue weighted by Gasteiger charge is -2.08. The average molecular weight is 313 g/mol. The Bertz CT molecular complexity index is 602. The van der Waals surface area contributed by atoms with E-state index in [-0.39, 0.29) is 5.91 Å². The van der Waals surface area contributed by atoms with Crippen LogP contribution in [0.1, 0.15) is 22.5 Å². The van der Waals surface area contributed by atoms with E-state index in [0.29, 0.717) is 18.8 Å². The number of rotatable bonds is 9. The number of nitrogens with zero attached hydrogens (tertiary/aromatic N) is 1. The van der Waals surface area contributed by atoms with E-state index in [4.69, 9.17) is 4.74 Å². The van der Waals surface area contributed by atoms with Gasteiger partial charge < -0.3 is 15.4 Å². The van der Waals surface area contributed by atoms with Crippen molar-refractivity contribution < 1.29 is 9.53 Å². The van der Waals surface area contributed by atoms with Crippen LogP contribution in [0.5, 0.6) is 0 Å². The molecule has 0 unspecified atom stereocenters. The summed E-state index contributed by atoms with van der Waals surface area (Å²) in [5.41, 5.74) is 2.61. The monoisotopic (exact) mass is 313 g/mol. The molecule has 0 aliphatic heterocycles. The van der Waals surface area contributed by atoms with E-state index in [1.807, 2.05) is 24.3 Å². The highest BCUT2D eigenvalue weighted by Gasteiger charge is 2.07. The van der Waals surface area contributed by atoms with Gasteiger partial charge in [0.2, 0.25) is 0 Å². The van der Waals surface area contributed by atoms with Crippen LogP contribution in [-0.2, 0) is 11.2 Å². The van der Waals surface area contributed by atoms with Gasteiger partial charge in [-0.25, -0.2) is 0 Å². The molecule has 122 valence electrons. The predicted molar refractivity (Wildman–Crippen MR) is 91.7 cm³/mol. The van der Waals surface area contributed by atoms with Crippen LogP contribution in [0.15, 0.2) is 48.7 Å². The zero-order valence-electron chi connectivity index (χ0n) is 13.4. The lowest BCUT2D eigenvalue weighted by molar-refractivity contribution is 0.0943. The lowest BCUT2D eigenvalue weighted by atomic mass is 10.1. The molecule has 0 aliphatic rings. The molecule has 1 aromatic carbocycles. The van der Waals surface area contributed by atoms with Crippen molar-refractivity contribution in [1.29, 1.82) is 0 Å². The number of nitrogens with one attached hydrogen (secondary N) is 2. The topological polar surface area (TPSA) is 63.2 Å². The molecule has 0 fully saturated rings. The van der Waals surface area contributed by atoms with Gasteiger partial charge in [0.25, 0.3) is 5.91 Å². The molecule has 2 rings (SSSR count). The summed E-state index contributed by atoms with van der Waals surface area (Å²) in [5, 5.41) is 6.16. The molecule has 0 saturated heterocycles. The maximum absolute atomic E-state index is 12.0. The van der Waals surface area contributed by atoms with Crippen molar-refractivity contribution in [1.82, 2.24) is 10.3 Å². The molecule has 2 N–H and O–H groups in total. The van der Waals surface area contributed by atoms with Gasteiger partial charge in [-0.15, -0.1) is 0 Å². The molecule has 0 radical (unpaired) electrons. The van der Waals surface area contributed by atoms with Gasteiger partial charge >= 0.3 is 0 Å². The second-order valence-electron chi connectivity index (χ2n) is 5.19. The van der Waals surface area contributed by atoms with Crippen LogP contribution in [-0.4, -0.2) is 37.7 Å². The Morgan fingerprint density at radius 2 is 2.00 bits per heavy atom. The standard InChI is InChI=1S/C18H23N3O2/c1-23-13-5-10-21-18(22)17-14-16(9-12-20-17)19-11-8-15-6-3-2-4-7-15/h2-4,6-7,9,12,14H,5,8,10-11,13H2,1H3,(H,19,20)(H,21,22). The zero-order valence-corrected chi connectivity index (χ0v) is 13.4. The fraction of sp³-hybridized carbons (Fsp3) is 0.333. The number of hydrogen-bond acceptors (Lipinski definition) is 4. The molecule has 1 aromatic heterocycles. The highest BCUT2D eigenvalue weighted by molar-refractivity contribution is 5.93. The predicted octanol–water partition coefficient (Wildman–Crippen LogP) is 2.50. The number of aromatic nitrogens is 1. The van der Waals surface area contributed by atoms with Crippen molar-refractivity contribution in [2.45, 2.75) is 12.8 Å². The summed E-state index contributed by atoms with van der Waals surface area (Å²) in [6, 6.07) is 13.9. The third kappa shape index (κ3) is 6.08. The van der Waals surface area contributed by atoms with Crippen molar-refractivity contribution in [2.24, 2.45) is 0 Å². The molecule has 0 bridgehead atoms. The summed E-state index contributed by atoms with van der Waals surface area (Å²) in [7, 11) is 1.65. The Kier molecular flexibility index (Phi) is 7.07. The molecule has 0 saturated carbocycles. The smallest absolute Gasteiger partial charge is 0.269 e. The number of hydrogen-bond donors (Lipinski definition) is 2. The Morgan fingerprint density at radius 1 is 1.17 bits per heavy atom. The number of methoxy groups -OCH3 is 1. The second-order valence-corrected chi connectivity index (χ2v) is 5.19. The van der Waals surface area contributed by atoms with Crippen molar-refractivity contribution in [3.63, 3.8) is 0 Å². The molecule has 2 aromatic rings. The number of ether oxygens (including phenoxy) is 1. The Balaban J connectivity index is 1.80. The minimum absolute atomic E-state index is 0.159. The number of anilines is 1. The maximum Gasteiger partial charge on any atom is 0.269 e. The Hall–Kier alpha value is -2.40. The first-order valence-electron chi connectivity index (χ1n) is 7.80. The molecule has 23 heavy (non-hydrogen) atoms. The first kappa shape index (κ1) is 17.0.